The highest BCUT2D eigenvalue weighted by Gasteiger charge is 2.40. The monoisotopic (exact) mass is 403 g/mol. The van der Waals surface area contributed by atoms with Gasteiger partial charge in [-0.2, -0.15) is 5.10 Å². The molecule has 0 N–H and O–H groups in total. The highest BCUT2D eigenvalue weighted by atomic mass is 32.1. The predicted molar refractivity (Wildman–Crippen MR) is 120 cm³/mol. The first kappa shape index (κ1) is 18.3. The Balaban J connectivity index is 1.52. The number of hydrazone groups is 1. The molecule has 1 aromatic heterocycles. The summed E-state index contributed by atoms with van der Waals surface area (Å²) in [5.74, 6) is 0.967. The molecule has 0 saturated carbocycles. The van der Waals surface area contributed by atoms with Crippen molar-refractivity contribution in [3.8, 4) is 5.75 Å². The molecule has 4 nitrogen and oxygen atoms in total. The molecular weight excluding hydrogens is 378 g/mol. The fourth-order valence-electron chi connectivity index (χ4n) is 4.28. The van der Waals surface area contributed by atoms with Crippen molar-refractivity contribution in [2.75, 3.05) is 18.0 Å². The number of anilines is 1. The summed E-state index contributed by atoms with van der Waals surface area (Å²) in [4.78, 5) is 3.60. The Morgan fingerprint density at radius 3 is 2.55 bits per heavy atom. The zero-order valence-corrected chi connectivity index (χ0v) is 17.6. The van der Waals surface area contributed by atoms with Gasteiger partial charge in [-0.1, -0.05) is 36.4 Å². The maximum absolute atomic E-state index is 6.46. The predicted octanol–water partition coefficient (Wildman–Crippen LogP) is 5.84. The Morgan fingerprint density at radius 1 is 1.03 bits per heavy atom. The van der Waals surface area contributed by atoms with Crippen LogP contribution >= 0.6 is 11.3 Å². The summed E-state index contributed by atoms with van der Waals surface area (Å²) in [5, 5.41) is 9.29. The third-order valence-corrected chi connectivity index (χ3v) is 6.73. The van der Waals surface area contributed by atoms with E-state index in [1.54, 1.807) is 11.3 Å². The van der Waals surface area contributed by atoms with Crippen LogP contribution < -0.4 is 9.64 Å². The van der Waals surface area contributed by atoms with Crippen LogP contribution in [0.4, 0.5) is 5.69 Å². The van der Waals surface area contributed by atoms with Gasteiger partial charge in [0.1, 0.15) is 5.75 Å². The van der Waals surface area contributed by atoms with Gasteiger partial charge in [0.15, 0.2) is 0 Å². The summed E-state index contributed by atoms with van der Waals surface area (Å²) in [7, 11) is 0. The van der Waals surface area contributed by atoms with Gasteiger partial charge in [-0.25, -0.2) is 5.01 Å². The van der Waals surface area contributed by atoms with Gasteiger partial charge in [-0.05, 0) is 43.5 Å². The van der Waals surface area contributed by atoms with Crippen LogP contribution in [0.3, 0.4) is 0 Å². The summed E-state index contributed by atoms with van der Waals surface area (Å²) >= 11 is 1.75. The number of nitrogens with zero attached hydrogens (tertiary/aromatic N) is 3. The molecule has 0 unspecified atom stereocenters. The van der Waals surface area contributed by atoms with Crippen molar-refractivity contribution in [2.45, 2.75) is 32.5 Å². The van der Waals surface area contributed by atoms with Gasteiger partial charge in [0.05, 0.1) is 16.6 Å². The van der Waals surface area contributed by atoms with Gasteiger partial charge in [-0.3, -0.25) is 0 Å². The highest BCUT2D eigenvalue weighted by molar-refractivity contribution is 7.12. The van der Waals surface area contributed by atoms with E-state index in [0.717, 1.165) is 36.5 Å². The van der Waals surface area contributed by atoms with Crippen LogP contribution in [0.1, 0.15) is 48.5 Å². The molecule has 3 heterocycles. The first-order chi connectivity index (χ1) is 14.3. The SMILES string of the molecule is CCN(CC)c1ccc([C@H]2Oc3ccccc3[C@@H]3CC(c4cccs4)=NN23)cc1. The van der Waals surface area contributed by atoms with E-state index in [0.29, 0.717) is 0 Å². The molecule has 29 heavy (non-hydrogen) atoms. The molecule has 148 valence electrons. The van der Waals surface area contributed by atoms with Gasteiger partial charge in [0.2, 0.25) is 6.23 Å². The normalized spacial score (nSPS) is 19.9. The van der Waals surface area contributed by atoms with Crippen molar-refractivity contribution in [1.82, 2.24) is 5.01 Å². The van der Waals surface area contributed by atoms with Crippen molar-refractivity contribution in [1.29, 1.82) is 0 Å². The third kappa shape index (κ3) is 3.19. The topological polar surface area (TPSA) is 28.1 Å². The summed E-state index contributed by atoms with van der Waals surface area (Å²) in [6, 6.07) is 21.6. The largest absolute Gasteiger partial charge is 0.464 e. The molecule has 2 aromatic carbocycles. The fraction of sp³-hybridized carbons (Fsp3) is 0.292. The van der Waals surface area contributed by atoms with Gasteiger partial charge in [0.25, 0.3) is 0 Å². The molecule has 2 atom stereocenters. The molecule has 2 aliphatic rings. The van der Waals surface area contributed by atoms with Gasteiger partial charge in [-0.15, -0.1) is 11.3 Å². The summed E-state index contributed by atoms with van der Waals surface area (Å²) < 4.78 is 6.46. The molecule has 0 spiro atoms. The van der Waals surface area contributed by atoms with E-state index in [1.807, 2.05) is 6.07 Å². The van der Waals surface area contributed by atoms with Gasteiger partial charge in [0, 0.05) is 36.3 Å². The van der Waals surface area contributed by atoms with Crippen LogP contribution in [0, 0.1) is 0 Å². The molecule has 5 heteroatoms. The van der Waals surface area contributed by atoms with Crippen molar-refractivity contribution in [2.24, 2.45) is 5.10 Å². The Labute approximate surface area is 176 Å². The Bertz CT molecular complexity index is 1010. The van der Waals surface area contributed by atoms with Crippen LogP contribution in [0.25, 0.3) is 0 Å². The minimum Gasteiger partial charge on any atom is -0.464 e. The van der Waals surface area contributed by atoms with Crippen molar-refractivity contribution in [3.63, 3.8) is 0 Å². The second-order valence-corrected chi connectivity index (χ2v) is 8.34. The third-order valence-electron chi connectivity index (χ3n) is 5.81. The van der Waals surface area contributed by atoms with E-state index >= 15 is 0 Å². The van der Waals surface area contributed by atoms with E-state index in [4.69, 9.17) is 9.84 Å². The van der Waals surface area contributed by atoms with Gasteiger partial charge >= 0.3 is 0 Å². The van der Waals surface area contributed by atoms with E-state index in [1.165, 1.54) is 16.1 Å². The summed E-state index contributed by atoms with van der Waals surface area (Å²) in [6.07, 6.45) is 0.702. The maximum atomic E-state index is 6.46. The molecule has 0 radical (unpaired) electrons. The number of ether oxygens (including phenoxy) is 1. The molecule has 0 bridgehead atoms. The maximum Gasteiger partial charge on any atom is 0.213 e. The highest BCUT2D eigenvalue weighted by Crippen LogP contribution is 2.47. The van der Waals surface area contributed by atoms with Crippen LogP contribution in [-0.4, -0.2) is 23.8 Å². The quantitative estimate of drug-likeness (QED) is 0.536. The van der Waals surface area contributed by atoms with E-state index in [-0.39, 0.29) is 12.3 Å². The lowest BCUT2D eigenvalue weighted by Gasteiger charge is -2.38. The number of fused-ring (bicyclic) bond motifs is 3. The standard InChI is InChI=1S/C24H25N3OS/c1-3-26(4-2)18-13-11-17(12-14-18)24-27-21(19-8-5-6-9-22(19)28-24)16-20(25-27)23-10-7-15-29-23/h5-15,21,24H,3-4,16H2,1-2H3/t21-,24+/m0/s1. The molecular formula is C24H25N3OS. The lowest BCUT2D eigenvalue weighted by molar-refractivity contribution is -0.0190. The average molecular weight is 404 g/mol. The zero-order chi connectivity index (χ0) is 19.8. The minimum atomic E-state index is -0.210. The number of hydrogen-bond acceptors (Lipinski definition) is 5. The lowest BCUT2D eigenvalue weighted by atomic mass is 9.97. The lowest BCUT2D eigenvalue weighted by Crippen LogP contribution is -2.33. The Morgan fingerprint density at radius 2 is 1.83 bits per heavy atom. The Hall–Kier alpha value is -2.79. The summed E-state index contributed by atoms with van der Waals surface area (Å²) in [6.45, 7) is 6.39. The summed E-state index contributed by atoms with van der Waals surface area (Å²) in [5.41, 5.74) is 4.75. The van der Waals surface area contributed by atoms with Crippen LogP contribution in [0.15, 0.2) is 71.1 Å². The first-order valence-electron chi connectivity index (χ1n) is 10.3. The molecule has 0 aliphatic carbocycles. The van der Waals surface area contributed by atoms with Crippen molar-refractivity contribution < 1.29 is 4.74 Å². The number of rotatable bonds is 5. The van der Waals surface area contributed by atoms with E-state index < -0.39 is 0 Å². The van der Waals surface area contributed by atoms with Gasteiger partial charge < -0.3 is 9.64 Å². The van der Waals surface area contributed by atoms with Crippen LogP contribution in [0.2, 0.25) is 0 Å². The number of benzene rings is 2. The molecule has 2 aliphatic heterocycles. The smallest absolute Gasteiger partial charge is 0.213 e. The fourth-order valence-corrected chi connectivity index (χ4v) is 5.01. The Kier molecular flexibility index (Phi) is 4.76. The number of hydrogen-bond donors (Lipinski definition) is 0. The first-order valence-corrected chi connectivity index (χ1v) is 11.2. The molecule has 0 amide bonds. The molecule has 0 saturated heterocycles. The second-order valence-electron chi connectivity index (χ2n) is 7.40. The molecule has 5 rings (SSSR count). The van der Waals surface area contributed by atoms with Crippen molar-refractivity contribution >= 4 is 22.7 Å². The average Bonchev–Trinajstić information content (AvgIpc) is 3.45. The zero-order valence-electron chi connectivity index (χ0n) is 16.8. The molecule has 3 aromatic rings. The van der Waals surface area contributed by atoms with E-state index in [9.17, 15) is 0 Å². The van der Waals surface area contributed by atoms with Crippen LogP contribution in [0.5, 0.6) is 5.75 Å². The number of para-hydroxylation sites is 1. The second kappa shape index (κ2) is 7.56. The van der Waals surface area contributed by atoms with Crippen molar-refractivity contribution in [3.05, 3.63) is 82.0 Å². The molecule has 0 fully saturated rings. The van der Waals surface area contributed by atoms with E-state index in [2.05, 4.69) is 83.7 Å². The van der Waals surface area contributed by atoms with Crippen LogP contribution in [-0.2, 0) is 0 Å². The minimum absolute atomic E-state index is 0.210. The number of thiophene rings is 1.